The zero-order valence-corrected chi connectivity index (χ0v) is 22.4. The van der Waals surface area contributed by atoms with Crippen molar-refractivity contribution in [2.45, 2.75) is 85.0 Å². The van der Waals surface area contributed by atoms with Crippen molar-refractivity contribution >= 4 is 37.4 Å². The molecule has 0 aliphatic heterocycles. The summed E-state index contributed by atoms with van der Waals surface area (Å²) in [6, 6.07) is 1.83. The number of carbonyl (C=O) groups is 2. The monoisotopic (exact) mass is 478 g/mol. The van der Waals surface area contributed by atoms with Gasteiger partial charge < -0.3 is 18.3 Å². The fourth-order valence-corrected chi connectivity index (χ4v) is 3.94. The minimum Gasteiger partial charge on any atom is -0.462 e. The molecule has 2 aromatic heterocycles. The second-order valence-electron chi connectivity index (χ2n) is 10.6. The zero-order chi connectivity index (χ0) is 25.0. The molecule has 0 spiro atoms. The molecule has 0 aromatic carbocycles. The van der Waals surface area contributed by atoms with Crippen molar-refractivity contribution < 1.29 is 27.9 Å². The van der Waals surface area contributed by atoms with E-state index in [0.717, 1.165) is 18.4 Å². The second-order valence-corrected chi connectivity index (χ2v) is 15.4. The van der Waals surface area contributed by atoms with Gasteiger partial charge in [-0.15, -0.1) is 0 Å². The summed E-state index contributed by atoms with van der Waals surface area (Å²) in [5, 5.41) is 2.68. The molecule has 33 heavy (non-hydrogen) atoms. The van der Waals surface area contributed by atoms with E-state index < -0.39 is 26.0 Å². The van der Waals surface area contributed by atoms with Crippen molar-refractivity contribution in [1.82, 2.24) is 4.98 Å². The molecule has 1 N–H and O–H groups in total. The fraction of sp³-hybridized carbons (Fsp3) is 0.625. The predicted octanol–water partition coefficient (Wildman–Crippen LogP) is 6.31. The molecule has 0 fully saturated rings. The molecule has 2 aromatic rings. The predicted molar refractivity (Wildman–Crippen MR) is 131 cm³/mol. The van der Waals surface area contributed by atoms with Gasteiger partial charge in [-0.3, -0.25) is 10.3 Å². The van der Waals surface area contributed by atoms with Crippen molar-refractivity contribution in [2.75, 3.05) is 18.5 Å². The standard InChI is InChI=1S/C24H38N2O6Si/c1-10-29-21(27)18-19-17(31-20(18)26-22(28)32-23(2,3)4)14-16(15-25-19)12-11-13-30-33(8,9)24(5,6)7/h14-15H,10-13H2,1-9H3,(H,26,28). The first-order valence-corrected chi connectivity index (χ1v) is 14.3. The van der Waals surface area contributed by atoms with Crippen LogP contribution in [0.2, 0.25) is 18.1 Å². The molecule has 0 aliphatic rings. The van der Waals surface area contributed by atoms with Crippen molar-refractivity contribution in [3.05, 3.63) is 23.4 Å². The lowest BCUT2D eigenvalue weighted by Crippen LogP contribution is -2.41. The number of aryl methyl sites for hydroxylation is 1. The number of rotatable bonds is 8. The van der Waals surface area contributed by atoms with E-state index >= 15 is 0 Å². The molecule has 0 radical (unpaired) electrons. The normalized spacial score (nSPS) is 12.6. The summed E-state index contributed by atoms with van der Waals surface area (Å²) >= 11 is 0. The van der Waals surface area contributed by atoms with Crippen LogP contribution in [0.15, 0.2) is 16.7 Å². The first-order chi connectivity index (χ1) is 15.1. The number of hydrogen-bond acceptors (Lipinski definition) is 7. The van der Waals surface area contributed by atoms with Gasteiger partial charge in [-0.2, -0.15) is 0 Å². The smallest absolute Gasteiger partial charge is 0.414 e. The quantitative estimate of drug-likeness (QED) is 0.270. The maximum Gasteiger partial charge on any atom is 0.414 e. The number of pyridine rings is 1. The van der Waals surface area contributed by atoms with Gasteiger partial charge in [0, 0.05) is 12.8 Å². The maximum atomic E-state index is 12.6. The largest absolute Gasteiger partial charge is 0.462 e. The first kappa shape index (κ1) is 26.9. The van der Waals surface area contributed by atoms with Gasteiger partial charge in [0.15, 0.2) is 13.9 Å². The lowest BCUT2D eigenvalue weighted by molar-refractivity contribution is 0.0529. The number of hydrogen-bond donors (Lipinski definition) is 1. The average molecular weight is 479 g/mol. The summed E-state index contributed by atoms with van der Waals surface area (Å²) in [5.41, 5.74) is 1.06. The number of ether oxygens (including phenoxy) is 2. The number of nitrogens with one attached hydrogen (secondary N) is 1. The van der Waals surface area contributed by atoms with Crippen molar-refractivity contribution in [2.24, 2.45) is 0 Å². The molecule has 8 nitrogen and oxygen atoms in total. The van der Waals surface area contributed by atoms with E-state index in [1.165, 1.54) is 0 Å². The van der Waals surface area contributed by atoms with Crippen LogP contribution < -0.4 is 5.32 Å². The average Bonchev–Trinajstić information content (AvgIpc) is 2.99. The van der Waals surface area contributed by atoms with Gasteiger partial charge in [-0.1, -0.05) is 20.8 Å². The third kappa shape index (κ3) is 7.30. The van der Waals surface area contributed by atoms with E-state index in [0.29, 0.717) is 17.7 Å². The highest BCUT2D eigenvalue weighted by Crippen LogP contribution is 2.36. The van der Waals surface area contributed by atoms with Crippen LogP contribution >= 0.6 is 0 Å². The Morgan fingerprint density at radius 3 is 2.39 bits per heavy atom. The van der Waals surface area contributed by atoms with Gasteiger partial charge >= 0.3 is 12.1 Å². The van der Waals surface area contributed by atoms with Gasteiger partial charge in [-0.05, 0) is 70.3 Å². The van der Waals surface area contributed by atoms with E-state index in [1.807, 2.05) is 6.07 Å². The Hall–Kier alpha value is -2.39. The lowest BCUT2D eigenvalue weighted by atomic mass is 10.1. The third-order valence-electron chi connectivity index (χ3n) is 5.56. The number of carbonyl (C=O) groups excluding carboxylic acids is 2. The summed E-state index contributed by atoms with van der Waals surface area (Å²) in [4.78, 5) is 29.2. The van der Waals surface area contributed by atoms with Crippen molar-refractivity contribution in [1.29, 1.82) is 0 Å². The van der Waals surface area contributed by atoms with Gasteiger partial charge in [0.05, 0.1) is 6.61 Å². The minimum atomic E-state index is -1.78. The van der Waals surface area contributed by atoms with E-state index in [4.69, 9.17) is 18.3 Å². The van der Waals surface area contributed by atoms with Gasteiger partial charge in [0.25, 0.3) is 0 Å². The highest BCUT2D eigenvalue weighted by molar-refractivity contribution is 6.74. The number of furan rings is 1. The van der Waals surface area contributed by atoms with E-state index in [9.17, 15) is 9.59 Å². The minimum absolute atomic E-state index is 0.0383. The number of aromatic nitrogens is 1. The van der Waals surface area contributed by atoms with Crippen LogP contribution in [0, 0.1) is 0 Å². The molecule has 2 rings (SSSR count). The molecule has 184 valence electrons. The van der Waals surface area contributed by atoms with Crippen LogP contribution in [0.25, 0.3) is 11.1 Å². The lowest BCUT2D eigenvalue weighted by Gasteiger charge is -2.36. The molecule has 0 unspecified atom stereocenters. The molecule has 0 saturated carbocycles. The van der Waals surface area contributed by atoms with Crippen LogP contribution in [-0.4, -0.2) is 44.2 Å². The number of fused-ring (bicyclic) bond motifs is 1. The molecule has 1 amide bonds. The Kier molecular flexibility index (Phi) is 8.35. The fourth-order valence-electron chi connectivity index (χ4n) is 2.85. The Balaban J connectivity index is 2.20. The summed E-state index contributed by atoms with van der Waals surface area (Å²) in [6.45, 7) is 18.9. The molecule has 0 atom stereocenters. The summed E-state index contributed by atoms with van der Waals surface area (Å²) in [7, 11) is -1.78. The molecule has 9 heteroatoms. The maximum absolute atomic E-state index is 12.6. The van der Waals surface area contributed by atoms with Crippen LogP contribution in [0.5, 0.6) is 0 Å². The number of esters is 1. The van der Waals surface area contributed by atoms with Gasteiger partial charge in [0.1, 0.15) is 16.7 Å². The molecular formula is C24H38N2O6Si. The topological polar surface area (TPSA) is 99.9 Å². The third-order valence-corrected chi connectivity index (χ3v) is 10.1. The van der Waals surface area contributed by atoms with Gasteiger partial charge in [-0.25, -0.2) is 9.59 Å². The summed E-state index contributed by atoms with van der Waals surface area (Å²) in [5.74, 6) is -0.658. The van der Waals surface area contributed by atoms with Crippen molar-refractivity contribution in [3.63, 3.8) is 0 Å². The Bertz CT molecular complexity index is 985. The first-order valence-electron chi connectivity index (χ1n) is 11.4. The van der Waals surface area contributed by atoms with Crippen LogP contribution in [0.4, 0.5) is 10.7 Å². The van der Waals surface area contributed by atoms with E-state index in [2.05, 4.69) is 44.2 Å². The number of amides is 1. The van der Waals surface area contributed by atoms with E-state index in [1.54, 1.807) is 33.9 Å². The summed E-state index contributed by atoms with van der Waals surface area (Å²) < 4.78 is 22.5. The molecular weight excluding hydrogens is 440 g/mol. The summed E-state index contributed by atoms with van der Waals surface area (Å²) in [6.07, 6.45) is 2.58. The Morgan fingerprint density at radius 2 is 1.82 bits per heavy atom. The van der Waals surface area contributed by atoms with Crippen molar-refractivity contribution in [3.8, 4) is 0 Å². The number of anilines is 1. The molecule has 0 saturated heterocycles. The molecule has 0 bridgehead atoms. The molecule has 2 heterocycles. The Morgan fingerprint density at radius 1 is 1.15 bits per heavy atom. The van der Waals surface area contributed by atoms with Gasteiger partial charge in [0.2, 0.25) is 5.88 Å². The zero-order valence-electron chi connectivity index (χ0n) is 21.4. The highest BCUT2D eigenvalue weighted by atomic mass is 28.4. The molecule has 0 aliphatic carbocycles. The Labute approximate surface area is 197 Å². The van der Waals surface area contributed by atoms with Crippen LogP contribution in [0.3, 0.4) is 0 Å². The van der Waals surface area contributed by atoms with Crippen LogP contribution in [0.1, 0.15) is 70.8 Å². The highest BCUT2D eigenvalue weighted by Gasteiger charge is 2.36. The van der Waals surface area contributed by atoms with Crippen LogP contribution in [-0.2, 0) is 20.3 Å². The second kappa shape index (κ2) is 10.3. The SMILES string of the molecule is CCOC(=O)c1c(NC(=O)OC(C)(C)C)oc2cc(CCCO[Si](C)(C)C(C)(C)C)cnc12. The number of nitrogens with zero attached hydrogens (tertiary/aromatic N) is 1. The van der Waals surface area contributed by atoms with E-state index in [-0.39, 0.29) is 23.1 Å².